The minimum Gasteiger partial charge on any atom is -0.476 e. The molecule has 3 heterocycles. The van der Waals surface area contributed by atoms with E-state index in [0.717, 1.165) is 0 Å². The molecule has 9 heteroatoms. The van der Waals surface area contributed by atoms with Gasteiger partial charge in [-0.15, -0.1) is 5.10 Å². The maximum absolute atomic E-state index is 11.2. The molecule has 9 nitrogen and oxygen atoms in total. The number of nitrogens with zero attached hydrogens (tertiary/aromatic N) is 6. The van der Waals surface area contributed by atoms with Crippen molar-refractivity contribution in [2.45, 2.75) is 6.54 Å². The molecule has 0 saturated carbocycles. The van der Waals surface area contributed by atoms with Crippen molar-refractivity contribution >= 4 is 5.97 Å². The van der Waals surface area contributed by atoms with Crippen LogP contribution in [0.3, 0.4) is 0 Å². The van der Waals surface area contributed by atoms with E-state index in [4.69, 9.17) is 0 Å². The van der Waals surface area contributed by atoms with E-state index in [1.165, 1.54) is 17.3 Å². The highest BCUT2D eigenvalue weighted by atomic mass is 16.5. The predicted octanol–water partition coefficient (Wildman–Crippen LogP) is 0.470. The zero-order valence-corrected chi connectivity index (χ0v) is 10.0. The number of pyridine rings is 1. The third-order valence-electron chi connectivity index (χ3n) is 2.57. The lowest BCUT2D eigenvalue weighted by Gasteiger charge is -2.04. The van der Waals surface area contributed by atoms with Gasteiger partial charge >= 0.3 is 5.97 Å². The van der Waals surface area contributed by atoms with Crippen molar-refractivity contribution in [3.63, 3.8) is 0 Å². The second kappa shape index (κ2) is 4.88. The van der Waals surface area contributed by atoms with Gasteiger partial charge in [-0.2, -0.15) is 4.98 Å². The summed E-state index contributed by atoms with van der Waals surface area (Å²) in [7, 11) is 0. The standard InChI is InChI=1S/C11H8N6O3/c18-11(19)9-10(7-2-1-3-12-4-7)17(16-14-9)5-8-13-6-20-15-8/h1-4,6H,5H2,(H,18,19). The third kappa shape index (κ3) is 2.11. The number of aromatic nitrogens is 6. The lowest BCUT2D eigenvalue weighted by atomic mass is 10.1. The minimum absolute atomic E-state index is 0.151. The molecule has 0 saturated heterocycles. The normalized spacial score (nSPS) is 10.6. The van der Waals surface area contributed by atoms with E-state index < -0.39 is 5.97 Å². The summed E-state index contributed by atoms with van der Waals surface area (Å²) in [5.74, 6) is -0.791. The molecule has 0 aromatic carbocycles. The Bertz CT molecular complexity index is 722. The molecule has 0 aliphatic rings. The fraction of sp³-hybridized carbons (Fsp3) is 0.0909. The number of aromatic carboxylic acids is 1. The van der Waals surface area contributed by atoms with Crippen molar-refractivity contribution in [3.8, 4) is 11.3 Å². The fourth-order valence-electron chi connectivity index (χ4n) is 1.75. The summed E-state index contributed by atoms with van der Waals surface area (Å²) in [5, 5.41) is 20.3. The Kier molecular flexibility index (Phi) is 2.92. The summed E-state index contributed by atoms with van der Waals surface area (Å²) >= 11 is 0. The van der Waals surface area contributed by atoms with Gasteiger partial charge < -0.3 is 9.63 Å². The van der Waals surface area contributed by atoms with Crippen LogP contribution in [0.5, 0.6) is 0 Å². The Labute approximate surface area is 111 Å². The van der Waals surface area contributed by atoms with E-state index in [1.54, 1.807) is 18.3 Å². The van der Waals surface area contributed by atoms with Crippen molar-refractivity contribution in [1.82, 2.24) is 30.1 Å². The predicted molar refractivity (Wildman–Crippen MR) is 63.6 cm³/mol. The van der Waals surface area contributed by atoms with Crippen LogP contribution >= 0.6 is 0 Å². The lowest BCUT2D eigenvalue weighted by molar-refractivity contribution is 0.0691. The Morgan fingerprint density at radius 3 is 3.00 bits per heavy atom. The fourth-order valence-corrected chi connectivity index (χ4v) is 1.75. The van der Waals surface area contributed by atoms with Crippen LogP contribution < -0.4 is 0 Å². The van der Waals surface area contributed by atoms with Crippen LogP contribution in [0.4, 0.5) is 0 Å². The summed E-state index contributed by atoms with van der Waals surface area (Å²) < 4.78 is 6.03. The number of hydrogen-bond acceptors (Lipinski definition) is 7. The number of rotatable bonds is 4. The van der Waals surface area contributed by atoms with Gasteiger partial charge in [0.1, 0.15) is 12.2 Å². The molecule has 0 atom stereocenters. The zero-order valence-electron chi connectivity index (χ0n) is 10.0. The molecule has 1 N–H and O–H groups in total. The first-order chi connectivity index (χ1) is 9.75. The van der Waals surface area contributed by atoms with Crippen molar-refractivity contribution < 1.29 is 14.4 Å². The number of carboxylic acids is 1. The molecule has 3 aromatic rings. The Morgan fingerprint density at radius 2 is 2.35 bits per heavy atom. The Balaban J connectivity index is 2.09. The average molecular weight is 272 g/mol. The van der Waals surface area contributed by atoms with Crippen LogP contribution in [0.1, 0.15) is 16.3 Å². The first kappa shape index (κ1) is 12.0. The van der Waals surface area contributed by atoms with Crippen molar-refractivity contribution in [2.75, 3.05) is 0 Å². The molecule has 0 bridgehead atoms. The van der Waals surface area contributed by atoms with Crippen LogP contribution in [-0.4, -0.2) is 41.2 Å². The third-order valence-corrected chi connectivity index (χ3v) is 2.57. The average Bonchev–Trinajstić information content (AvgIpc) is 3.09. The van der Waals surface area contributed by atoms with E-state index in [9.17, 15) is 9.90 Å². The maximum atomic E-state index is 11.2. The van der Waals surface area contributed by atoms with Gasteiger partial charge in [-0.1, -0.05) is 10.4 Å². The largest absolute Gasteiger partial charge is 0.476 e. The molecule has 100 valence electrons. The van der Waals surface area contributed by atoms with Gasteiger partial charge in [0.15, 0.2) is 11.5 Å². The van der Waals surface area contributed by atoms with Gasteiger partial charge in [-0.05, 0) is 12.1 Å². The summed E-state index contributed by atoms with van der Waals surface area (Å²) in [5.41, 5.74) is 0.787. The first-order valence-electron chi connectivity index (χ1n) is 5.58. The highest BCUT2D eigenvalue weighted by Gasteiger charge is 2.21. The molecule has 0 spiro atoms. The maximum Gasteiger partial charge on any atom is 0.358 e. The smallest absolute Gasteiger partial charge is 0.358 e. The molecule has 3 aromatic heterocycles. The highest BCUT2D eigenvalue weighted by molar-refractivity contribution is 5.92. The molecule has 0 unspecified atom stereocenters. The van der Waals surface area contributed by atoms with E-state index in [1.807, 2.05) is 0 Å². The van der Waals surface area contributed by atoms with Gasteiger partial charge in [0, 0.05) is 18.0 Å². The van der Waals surface area contributed by atoms with E-state index in [0.29, 0.717) is 17.1 Å². The second-order valence-corrected chi connectivity index (χ2v) is 3.84. The molecular formula is C11H8N6O3. The zero-order chi connectivity index (χ0) is 13.9. The first-order valence-corrected chi connectivity index (χ1v) is 5.58. The molecular weight excluding hydrogens is 264 g/mol. The van der Waals surface area contributed by atoms with Crippen molar-refractivity contribution in [1.29, 1.82) is 0 Å². The lowest BCUT2D eigenvalue weighted by Crippen LogP contribution is -2.07. The molecule has 0 aliphatic heterocycles. The summed E-state index contributed by atoms with van der Waals surface area (Å²) in [6.45, 7) is 0.154. The van der Waals surface area contributed by atoms with Crippen LogP contribution in [0.2, 0.25) is 0 Å². The molecule has 0 radical (unpaired) electrons. The minimum atomic E-state index is -1.16. The van der Waals surface area contributed by atoms with Crippen LogP contribution in [0.25, 0.3) is 11.3 Å². The number of carboxylic acid groups (broad SMARTS) is 1. The Hall–Kier alpha value is -3.10. The van der Waals surface area contributed by atoms with Crippen LogP contribution in [0.15, 0.2) is 35.4 Å². The van der Waals surface area contributed by atoms with E-state index in [2.05, 4.69) is 30.0 Å². The summed E-state index contributed by atoms with van der Waals surface area (Å²) in [6.07, 6.45) is 4.32. The number of hydrogen-bond donors (Lipinski definition) is 1. The second-order valence-electron chi connectivity index (χ2n) is 3.84. The number of carbonyl (C=O) groups is 1. The van der Waals surface area contributed by atoms with Gasteiger partial charge in [-0.3, -0.25) is 4.98 Å². The van der Waals surface area contributed by atoms with Gasteiger partial charge in [0.2, 0.25) is 6.39 Å². The van der Waals surface area contributed by atoms with E-state index >= 15 is 0 Å². The molecule has 20 heavy (non-hydrogen) atoms. The highest BCUT2D eigenvalue weighted by Crippen LogP contribution is 2.21. The van der Waals surface area contributed by atoms with Crippen LogP contribution in [0, 0.1) is 0 Å². The Morgan fingerprint density at radius 1 is 1.45 bits per heavy atom. The van der Waals surface area contributed by atoms with Gasteiger partial charge in [-0.25, -0.2) is 9.48 Å². The SMILES string of the molecule is O=C(O)c1nnn(Cc2ncon2)c1-c1cccnc1. The molecule has 0 aliphatic carbocycles. The van der Waals surface area contributed by atoms with Gasteiger partial charge in [0.05, 0.1) is 0 Å². The van der Waals surface area contributed by atoms with E-state index in [-0.39, 0.29) is 12.2 Å². The van der Waals surface area contributed by atoms with Gasteiger partial charge in [0.25, 0.3) is 0 Å². The van der Waals surface area contributed by atoms with Crippen LogP contribution in [-0.2, 0) is 6.54 Å². The summed E-state index contributed by atoms with van der Waals surface area (Å²) in [4.78, 5) is 19.1. The van der Waals surface area contributed by atoms with Crippen molar-refractivity contribution in [3.05, 3.63) is 42.4 Å². The van der Waals surface area contributed by atoms with Crippen molar-refractivity contribution in [2.24, 2.45) is 0 Å². The molecule has 0 fully saturated rings. The molecule has 3 rings (SSSR count). The molecule has 0 amide bonds. The quantitative estimate of drug-likeness (QED) is 0.727. The monoisotopic (exact) mass is 272 g/mol. The summed E-state index contributed by atoms with van der Waals surface area (Å²) in [6, 6.07) is 3.43. The topological polar surface area (TPSA) is 120 Å².